The first-order chi connectivity index (χ1) is 27.9. The Labute approximate surface area is 335 Å². The van der Waals surface area contributed by atoms with E-state index in [-0.39, 0.29) is 40.0 Å². The summed E-state index contributed by atoms with van der Waals surface area (Å²) < 4.78 is 24.2. The highest BCUT2D eigenvalue weighted by atomic mass is 32.2. The van der Waals surface area contributed by atoms with E-state index in [1.807, 2.05) is 97.1 Å². The average molecular weight is 780 g/mol. The van der Waals surface area contributed by atoms with Gasteiger partial charge in [0, 0.05) is 9.79 Å². The summed E-state index contributed by atoms with van der Waals surface area (Å²) >= 11 is 2.97. The minimum atomic E-state index is -0.0247. The van der Waals surface area contributed by atoms with E-state index in [0.29, 0.717) is 34.5 Å². The molecular formula is C44H25N7O4S2. The maximum absolute atomic E-state index is 9.39. The summed E-state index contributed by atoms with van der Waals surface area (Å²) in [5.41, 5.74) is 7.08. The first-order valence-corrected chi connectivity index (χ1v) is 18.5. The van der Waals surface area contributed by atoms with Gasteiger partial charge in [0.05, 0.1) is 38.1 Å². The van der Waals surface area contributed by atoms with Gasteiger partial charge in [0.2, 0.25) is 17.7 Å². The van der Waals surface area contributed by atoms with Gasteiger partial charge in [0.25, 0.3) is 0 Å². The molecule has 13 heteroatoms. The molecular weight excluding hydrogens is 755 g/mol. The standard InChI is InChI=1S/C44H25N7O4S2/c45-24-28-9-11-34(21-30(28)26-47)52-38-5-1-3-7-40(38)56-36-17-13-32(14-18-36)54-42-23-43(51-44(49)50-42)55-33-15-19-37(20-16-33)57-41-8-4-2-6-39(41)53-35-12-10-29(25-46)31(22-35)27-48/h1-23H,(H2,49,50,51). The van der Waals surface area contributed by atoms with Crippen molar-refractivity contribution < 1.29 is 18.9 Å². The summed E-state index contributed by atoms with van der Waals surface area (Å²) in [6.07, 6.45) is 0. The number of rotatable bonds is 12. The third kappa shape index (κ3) is 9.42. The lowest BCUT2D eigenvalue weighted by atomic mass is 10.1. The van der Waals surface area contributed by atoms with Crippen LogP contribution in [0.3, 0.4) is 0 Å². The van der Waals surface area contributed by atoms with E-state index in [9.17, 15) is 21.0 Å². The molecule has 7 rings (SSSR count). The normalized spacial score (nSPS) is 10.2. The molecule has 0 aliphatic heterocycles. The van der Waals surface area contributed by atoms with Gasteiger partial charge in [-0.1, -0.05) is 47.8 Å². The van der Waals surface area contributed by atoms with Crippen LogP contribution in [0.15, 0.2) is 159 Å². The van der Waals surface area contributed by atoms with Gasteiger partial charge in [-0.05, 0) is 109 Å². The van der Waals surface area contributed by atoms with Crippen LogP contribution in [0, 0.1) is 45.3 Å². The lowest BCUT2D eigenvalue weighted by molar-refractivity contribution is 0.435. The van der Waals surface area contributed by atoms with Crippen LogP contribution in [-0.4, -0.2) is 9.97 Å². The molecule has 6 aromatic carbocycles. The zero-order chi connectivity index (χ0) is 39.6. The van der Waals surface area contributed by atoms with Gasteiger partial charge in [-0.15, -0.1) is 0 Å². The van der Waals surface area contributed by atoms with E-state index in [1.54, 1.807) is 66.7 Å². The fourth-order valence-corrected chi connectivity index (χ4v) is 6.98. The lowest BCUT2D eigenvalue weighted by Crippen LogP contribution is -1.99. The Kier molecular flexibility index (Phi) is 11.5. The molecule has 57 heavy (non-hydrogen) atoms. The largest absolute Gasteiger partial charge is 0.456 e. The number of ether oxygens (including phenoxy) is 4. The Morgan fingerprint density at radius 2 is 0.807 bits per heavy atom. The van der Waals surface area contributed by atoms with Crippen LogP contribution >= 0.6 is 23.5 Å². The second-order valence-corrected chi connectivity index (χ2v) is 13.9. The zero-order valence-corrected chi connectivity index (χ0v) is 31.1. The summed E-state index contributed by atoms with van der Waals surface area (Å²) in [6.45, 7) is 0. The molecule has 0 aliphatic carbocycles. The second-order valence-electron chi connectivity index (χ2n) is 11.7. The zero-order valence-electron chi connectivity index (χ0n) is 29.5. The topological polar surface area (TPSA) is 184 Å². The minimum absolute atomic E-state index is 0.0247. The molecule has 1 aromatic heterocycles. The van der Waals surface area contributed by atoms with Crippen molar-refractivity contribution >= 4 is 29.5 Å². The Hall–Kier alpha value is -7.94. The molecule has 0 spiro atoms. The summed E-state index contributed by atoms with van der Waals surface area (Å²) in [7, 11) is 0. The van der Waals surface area contributed by atoms with Gasteiger partial charge in [-0.2, -0.15) is 31.0 Å². The highest BCUT2D eigenvalue weighted by Crippen LogP contribution is 2.40. The van der Waals surface area contributed by atoms with Gasteiger partial charge in [-0.3, -0.25) is 0 Å². The van der Waals surface area contributed by atoms with Crippen molar-refractivity contribution in [2.24, 2.45) is 0 Å². The molecule has 0 radical (unpaired) electrons. The number of nitrogens with two attached hydrogens (primary N) is 1. The van der Waals surface area contributed by atoms with Crippen molar-refractivity contribution in [3.05, 3.63) is 162 Å². The Balaban J connectivity index is 0.978. The van der Waals surface area contributed by atoms with Crippen molar-refractivity contribution in [2.45, 2.75) is 19.6 Å². The summed E-state index contributed by atoms with van der Waals surface area (Å²) in [6, 6.07) is 49.0. The molecule has 0 saturated heterocycles. The van der Waals surface area contributed by atoms with Gasteiger partial charge in [0.15, 0.2) is 0 Å². The van der Waals surface area contributed by atoms with Gasteiger partial charge in [0.1, 0.15) is 58.8 Å². The van der Waals surface area contributed by atoms with Crippen LogP contribution in [-0.2, 0) is 0 Å². The predicted octanol–water partition coefficient (Wildman–Crippen LogP) is 11.0. The summed E-state index contributed by atoms with van der Waals surface area (Å²) in [5, 5.41) is 37.2. The van der Waals surface area contributed by atoms with Crippen molar-refractivity contribution in [3.8, 4) is 70.5 Å². The van der Waals surface area contributed by atoms with E-state index in [1.165, 1.54) is 23.5 Å². The van der Waals surface area contributed by atoms with Gasteiger partial charge < -0.3 is 24.7 Å². The number of aromatic nitrogens is 2. The number of nitriles is 4. The van der Waals surface area contributed by atoms with E-state index < -0.39 is 0 Å². The molecule has 0 amide bonds. The van der Waals surface area contributed by atoms with Crippen LogP contribution in [0.25, 0.3) is 0 Å². The maximum Gasteiger partial charge on any atom is 0.227 e. The number of anilines is 1. The molecule has 0 aliphatic rings. The van der Waals surface area contributed by atoms with Crippen molar-refractivity contribution in [2.75, 3.05) is 5.73 Å². The summed E-state index contributed by atoms with van der Waals surface area (Å²) in [5.74, 6) is 3.51. The van der Waals surface area contributed by atoms with Gasteiger partial charge >= 0.3 is 0 Å². The third-order valence-corrected chi connectivity index (χ3v) is 9.99. The van der Waals surface area contributed by atoms with Crippen molar-refractivity contribution in [1.29, 1.82) is 21.0 Å². The van der Waals surface area contributed by atoms with E-state index >= 15 is 0 Å². The molecule has 7 aromatic rings. The molecule has 1 heterocycles. The van der Waals surface area contributed by atoms with Crippen LogP contribution in [0.4, 0.5) is 5.95 Å². The third-order valence-electron chi connectivity index (χ3n) is 7.86. The molecule has 0 saturated carbocycles. The number of hydrogen-bond acceptors (Lipinski definition) is 13. The molecule has 272 valence electrons. The highest BCUT2D eigenvalue weighted by Gasteiger charge is 2.13. The Morgan fingerprint density at radius 1 is 0.421 bits per heavy atom. The van der Waals surface area contributed by atoms with Crippen LogP contribution in [0.5, 0.6) is 46.3 Å². The van der Waals surface area contributed by atoms with Crippen molar-refractivity contribution in [1.82, 2.24) is 9.97 Å². The number of benzene rings is 6. The minimum Gasteiger partial charge on any atom is -0.456 e. The Bertz CT molecular complexity index is 2580. The van der Waals surface area contributed by atoms with Gasteiger partial charge in [-0.25, -0.2) is 0 Å². The number of nitrogen functional groups attached to an aromatic ring is 1. The molecule has 0 fully saturated rings. The van der Waals surface area contributed by atoms with Crippen LogP contribution in [0.1, 0.15) is 22.3 Å². The molecule has 0 bridgehead atoms. The van der Waals surface area contributed by atoms with E-state index in [2.05, 4.69) is 9.97 Å². The van der Waals surface area contributed by atoms with E-state index in [4.69, 9.17) is 24.7 Å². The fraction of sp³-hybridized carbons (Fsp3) is 0. The number of hydrogen-bond donors (Lipinski definition) is 1. The quantitative estimate of drug-likeness (QED) is 0.124. The van der Waals surface area contributed by atoms with Crippen LogP contribution in [0.2, 0.25) is 0 Å². The highest BCUT2D eigenvalue weighted by molar-refractivity contribution is 7.99. The summed E-state index contributed by atoms with van der Waals surface area (Å²) in [4.78, 5) is 12.0. The molecule has 11 nitrogen and oxygen atoms in total. The smallest absolute Gasteiger partial charge is 0.227 e. The first kappa shape index (κ1) is 37.4. The second kappa shape index (κ2) is 17.5. The van der Waals surface area contributed by atoms with Crippen LogP contribution < -0.4 is 24.7 Å². The Morgan fingerprint density at radius 3 is 1.21 bits per heavy atom. The lowest BCUT2D eigenvalue weighted by Gasteiger charge is -2.12. The maximum atomic E-state index is 9.39. The average Bonchev–Trinajstić information content (AvgIpc) is 3.23. The van der Waals surface area contributed by atoms with E-state index in [0.717, 1.165) is 19.6 Å². The first-order valence-electron chi connectivity index (χ1n) is 16.9. The van der Waals surface area contributed by atoms with Crippen molar-refractivity contribution in [3.63, 3.8) is 0 Å². The number of nitrogens with zero attached hydrogens (tertiary/aromatic N) is 6. The fourth-order valence-electron chi connectivity index (χ4n) is 5.22. The molecule has 0 unspecified atom stereocenters. The molecule has 0 atom stereocenters. The predicted molar refractivity (Wildman–Crippen MR) is 212 cm³/mol. The number of para-hydroxylation sites is 2. The SMILES string of the molecule is N#Cc1ccc(Oc2ccccc2Sc2ccc(Oc3cc(Oc4ccc(Sc5ccccc5Oc5ccc(C#N)c(C#N)c5)cc4)nc(N)n3)cc2)cc1C#N. The monoisotopic (exact) mass is 779 g/mol. The molecule has 2 N–H and O–H groups in total.